The molecule has 0 unspecified atom stereocenters. The van der Waals surface area contributed by atoms with Crippen LogP contribution in [0.3, 0.4) is 0 Å². The van der Waals surface area contributed by atoms with E-state index in [1.807, 2.05) is 0 Å². The van der Waals surface area contributed by atoms with Gasteiger partial charge in [-0.15, -0.1) is 0 Å². The highest BCUT2D eigenvalue weighted by Gasteiger charge is 2.51. The van der Waals surface area contributed by atoms with Crippen LogP contribution < -0.4 is 0 Å². The van der Waals surface area contributed by atoms with E-state index < -0.39 is 0 Å². The molecule has 0 spiro atoms. The predicted octanol–water partition coefficient (Wildman–Crippen LogP) is 6.51. The van der Waals surface area contributed by atoms with Crippen LogP contribution in [0.4, 0.5) is 0 Å². The van der Waals surface area contributed by atoms with Crippen molar-refractivity contribution in [1.82, 2.24) is 0 Å². The maximum Gasteiger partial charge on any atom is 0.140 e. The van der Waals surface area contributed by atoms with Crippen LogP contribution in [-0.2, 0) is 9.59 Å². The molecule has 8 rings (SSSR count). The molecule has 0 heterocycles. The molecule has 160 valence electrons. The fourth-order valence-electron chi connectivity index (χ4n) is 10.4. The molecule has 0 amide bonds. The fraction of sp³-hybridized carbons (Fsp3) is 0.926. The number of carbonyl (C=O) groups is 2. The van der Waals surface area contributed by atoms with Gasteiger partial charge in [0, 0.05) is 12.8 Å². The highest BCUT2D eigenvalue weighted by atomic mass is 16.1. The first-order valence-corrected chi connectivity index (χ1v) is 13.0. The van der Waals surface area contributed by atoms with Gasteiger partial charge in [0.1, 0.15) is 11.6 Å². The van der Waals surface area contributed by atoms with Gasteiger partial charge in [-0.25, -0.2) is 0 Å². The average Bonchev–Trinajstić information content (AvgIpc) is 2.63. The van der Waals surface area contributed by atoms with Crippen LogP contribution in [0.2, 0.25) is 0 Å². The highest BCUT2D eigenvalue weighted by molar-refractivity contribution is 5.99. The fourth-order valence-corrected chi connectivity index (χ4v) is 10.4. The molecular weight excluding hydrogens is 356 g/mol. The first-order valence-electron chi connectivity index (χ1n) is 13.0. The number of hydrogen-bond acceptors (Lipinski definition) is 2. The van der Waals surface area contributed by atoms with Crippen molar-refractivity contribution in [3.63, 3.8) is 0 Å². The largest absolute Gasteiger partial charge is 0.299 e. The van der Waals surface area contributed by atoms with Gasteiger partial charge >= 0.3 is 0 Å². The summed E-state index contributed by atoms with van der Waals surface area (Å²) in [5, 5.41) is 0. The third-order valence-electron chi connectivity index (χ3n) is 10.6. The zero-order valence-corrected chi connectivity index (χ0v) is 18.3. The van der Waals surface area contributed by atoms with Crippen molar-refractivity contribution in [3.8, 4) is 0 Å². The molecular formula is C27H40O2. The van der Waals surface area contributed by atoms with Crippen molar-refractivity contribution in [2.24, 2.45) is 46.3 Å². The van der Waals surface area contributed by atoms with E-state index in [0.717, 1.165) is 48.3 Å². The minimum atomic E-state index is 0.235. The van der Waals surface area contributed by atoms with Crippen molar-refractivity contribution < 1.29 is 9.59 Å². The summed E-state index contributed by atoms with van der Waals surface area (Å²) in [5.74, 6) is 6.23. The van der Waals surface area contributed by atoms with Gasteiger partial charge in [-0.3, -0.25) is 9.59 Å². The normalized spacial score (nSPS) is 49.0. The van der Waals surface area contributed by atoms with Crippen molar-refractivity contribution in [3.05, 3.63) is 0 Å². The van der Waals surface area contributed by atoms with E-state index in [-0.39, 0.29) is 18.0 Å². The summed E-state index contributed by atoms with van der Waals surface area (Å²) >= 11 is 0. The number of ketones is 2. The Labute approximate surface area is 177 Å². The number of hydrogen-bond donors (Lipinski definition) is 0. The first kappa shape index (κ1) is 19.1. The Morgan fingerprint density at radius 2 is 0.793 bits per heavy atom. The minimum Gasteiger partial charge on any atom is -0.299 e. The Balaban J connectivity index is 0.979. The molecule has 2 heteroatoms. The highest BCUT2D eigenvalue weighted by Crippen LogP contribution is 2.62. The smallest absolute Gasteiger partial charge is 0.140 e. The van der Waals surface area contributed by atoms with Crippen LogP contribution in [-0.4, -0.2) is 11.6 Å². The van der Waals surface area contributed by atoms with Crippen molar-refractivity contribution in [1.29, 1.82) is 0 Å². The molecule has 8 bridgehead atoms. The maximum atomic E-state index is 12.6. The van der Waals surface area contributed by atoms with Crippen LogP contribution in [0.25, 0.3) is 0 Å². The molecule has 0 saturated heterocycles. The van der Waals surface area contributed by atoms with E-state index in [1.165, 1.54) is 77.0 Å². The van der Waals surface area contributed by atoms with Gasteiger partial charge in [0.2, 0.25) is 0 Å². The van der Waals surface area contributed by atoms with E-state index in [9.17, 15) is 9.59 Å². The van der Waals surface area contributed by atoms with Crippen molar-refractivity contribution in [2.45, 2.75) is 109 Å². The van der Waals surface area contributed by atoms with Gasteiger partial charge in [0.15, 0.2) is 0 Å². The summed E-state index contributed by atoms with van der Waals surface area (Å²) in [6.07, 6.45) is 20.8. The Bertz CT molecular complexity index is 560. The standard InChI is InChI=1S/C27H40O2/c28-24(1-3-26-12-18-5-19(13-26)7-20(6-18)14-26)11-25(29)2-4-27-15-21-8-22(16-27)10-23(9-21)17-27/h18-23H,1-17H2. The van der Waals surface area contributed by atoms with Crippen LogP contribution >= 0.6 is 0 Å². The van der Waals surface area contributed by atoms with Gasteiger partial charge in [-0.1, -0.05) is 0 Å². The Hall–Kier alpha value is -0.660. The lowest BCUT2D eigenvalue weighted by Crippen LogP contribution is -2.46. The molecule has 0 N–H and O–H groups in total. The summed E-state index contributed by atoms with van der Waals surface area (Å²) in [6.45, 7) is 0. The van der Waals surface area contributed by atoms with Crippen LogP contribution in [0.5, 0.6) is 0 Å². The van der Waals surface area contributed by atoms with Gasteiger partial charge < -0.3 is 0 Å². The summed E-state index contributed by atoms with van der Waals surface area (Å²) in [4.78, 5) is 25.3. The SMILES string of the molecule is O=C(CCC12CC3CC(CC(C3)C1)C2)CC(=O)CCC12CC3CC(CC(C3)C1)C2. The second-order valence-corrected chi connectivity index (χ2v) is 13.1. The van der Waals surface area contributed by atoms with E-state index >= 15 is 0 Å². The van der Waals surface area contributed by atoms with E-state index in [1.54, 1.807) is 0 Å². The molecule has 29 heavy (non-hydrogen) atoms. The van der Waals surface area contributed by atoms with Crippen molar-refractivity contribution in [2.75, 3.05) is 0 Å². The second-order valence-electron chi connectivity index (χ2n) is 13.1. The topological polar surface area (TPSA) is 34.1 Å². The summed E-state index contributed by atoms with van der Waals surface area (Å²) in [5.41, 5.74) is 0.958. The molecule has 0 aliphatic heterocycles. The monoisotopic (exact) mass is 396 g/mol. The number of carbonyl (C=O) groups excluding carboxylic acids is 2. The zero-order valence-electron chi connectivity index (χ0n) is 18.3. The summed E-state index contributed by atoms with van der Waals surface area (Å²) in [6, 6.07) is 0. The Morgan fingerprint density at radius 1 is 0.517 bits per heavy atom. The van der Waals surface area contributed by atoms with Crippen molar-refractivity contribution >= 4 is 11.6 Å². The van der Waals surface area contributed by atoms with Crippen LogP contribution in [0, 0.1) is 46.3 Å². The lowest BCUT2D eigenvalue weighted by molar-refractivity contribution is -0.129. The predicted molar refractivity (Wildman–Crippen MR) is 114 cm³/mol. The van der Waals surface area contributed by atoms with E-state index in [0.29, 0.717) is 23.7 Å². The Morgan fingerprint density at radius 3 is 1.07 bits per heavy atom. The molecule has 0 aromatic heterocycles. The van der Waals surface area contributed by atoms with Gasteiger partial charge in [-0.05, 0) is 136 Å². The Kier molecular flexibility index (Phi) is 4.55. The number of Topliss-reactive ketones (excluding diaryl/α,β-unsaturated/α-hetero) is 2. The zero-order chi connectivity index (χ0) is 19.6. The third-order valence-corrected chi connectivity index (χ3v) is 10.6. The van der Waals surface area contributed by atoms with Crippen LogP contribution in [0.1, 0.15) is 109 Å². The lowest BCUT2D eigenvalue weighted by Gasteiger charge is -2.57. The van der Waals surface area contributed by atoms with Crippen LogP contribution in [0.15, 0.2) is 0 Å². The molecule has 8 saturated carbocycles. The van der Waals surface area contributed by atoms with Gasteiger partial charge in [0.05, 0.1) is 6.42 Å². The molecule has 0 aromatic carbocycles. The molecule has 8 aliphatic rings. The minimum absolute atomic E-state index is 0.235. The molecule has 0 radical (unpaired) electrons. The molecule has 8 fully saturated rings. The maximum absolute atomic E-state index is 12.6. The van der Waals surface area contributed by atoms with Gasteiger partial charge in [0.25, 0.3) is 0 Å². The van der Waals surface area contributed by atoms with E-state index in [2.05, 4.69) is 0 Å². The lowest BCUT2D eigenvalue weighted by atomic mass is 9.48. The van der Waals surface area contributed by atoms with Gasteiger partial charge in [-0.2, -0.15) is 0 Å². The molecule has 8 aliphatic carbocycles. The molecule has 2 nitrogen and oxygen atoms in total. The number of rotatable bonds is 8. The average molecular weight is 397 g/mol. The summed E-state index contributed by atoms with van der Waals surface area (Å²) in [7, 11) is 0. The van der Waals surface area contributed by atoms with E-state index in [4.69, 9.17) is 0 Å². The second kappa shape index (κ2) is 6.92. The first-order chi connectivity index (χ1) is 14.0. The summed E-state index contributed by atoms with van der Waals surface area (Å²) < 4.78 is 0. The molecule has 0 aromatic rings. The molecule has 0 atom stereocenters. The third kappa shape index (κ3) is 3.65. The quantitative estimate of drug-likeness (QED) is 0.438.